The highest BCUT2D eigenvalue weighted by atomic mass is 16.5. The van der Waals surface area contributed by atoms with Crippen molar-refractivity contribution in [1.82, 2.24) is 4.90 Å². The van der Waals surface area contributed by atoms with Crippen molar-refractivity contribution in [3.63, 3.8) is 0 Å². The Hall–Kier alpha value is -2.43. The number of carbonyl (C=O) groups is 1. The smallest absolute Gasteiger partial charge is 0.290 e. The molecule has 5 nitrogen and oxygen atoms in total. The Balaban J connectivity index is 1.67. The number of hydrogen-bond acceptors (Lipinski definition) is 4. The summed E-state index contributed by atoms with van der Waals surface area (Å²) in [5.74, 6) is 1.91. The van der Waals surface area contributed by atoms with E-state index in [2.05, 4.69) is 6.07 Å². The van der Waals surface area contributed by atoms with Gasteiger partial charge in [-0.2, -0.15) is 0 Å². The summed E-state index contributed by atoms with van der Waals surface area (Å²) in [5, 5.41) is 0. The zero-order chi connectivity index (χ0) is 15.8. The minimum Gasteiger partial charge on any atom is -0.490 e. The van der Waals surface area contributed by atoms with Crippen molar-refractivity contribution in [2.24, 2.45) is 0 Å². The van der Waals surface area contributed by atoms with Gasteiger partial charge in [-0.3, -0.25) is 4.79 Å². The van der Waals surface area contributed by atoms with Gasteiger partial charge >= 0.3 is 0 Å². The SMILES string of the molecule is CC1c2cc3c(cc2CCN1C(=O)c1ccco1)OCCCO3. The molecule has 0 fully saturated rings. The van der Waals surface area contributed by atoms with Crippen LogP contribution in [0.4, 0.5) is 0 Å². The van der Waals surface area contributed by atoms with Crippen molar-refractivity contribution in [3.8, 4) is 11.5 Å². The second kappa shape index (κ2) is 5.65. The summed E-state index contributed by atoms with van der Waals surface area (Å²) in [7, 11) is 0. The van der Waals surface area contributed by atoms with E-state index in [0.29, 0.717) is 25.5 Å². The van der Waals surface area contributed by atoms with Gasteiger partial charge in [0.2, 0.25) is 0 Å². The molecule has 2 aliphatic rings. The van der Waals surface area contributed by atoms with Crippen molar-refractivity contribution in [3.05, 3.63) is 47.4 Å². The molecule has 0 spiro atoms. The van der Waals surface area contributed by atoms with Crippen LogP contribution in [0.1, 0.15) is 41.1 Å². The largest absolute Gasteiger partial charge is 0.490 e. The first-order valence-corrected chi connectivity index (χ1v) is 8.01. The quantitative estimate of drug-likeness (QED) is 0.811. The molecule has 3 heterocycles. The summed E-state index contributed by atoms with van der Waals surface area (Å²) >= 11 is 0. The van der Waals surface area contributed by atoms with Crippen LogP contribution in [0.5, 0.6) is 11.5 Å². The fourth-order valence-electron chi connectivity index (χ4n) is 3.29. The predicted molar refractivity (Wildman–Crippen MR) is 83.9 cm³/mol. The number of rotatable bonds is 1. The molecular weight excluding hydrogens is 294 g/mol. The molecule has 2 aromatic rings. The van der Waals surface area contributed by atoms with Crippen LogP contribution >= 0.6 is 0 Å². The molecule has 5 heteroatoms. The monoisotopic (exact) mass is 313 g/mol. The van der Waals surface area contributed by atoms with Crippen LogP contribution in [0.2, 0.25) is 0 Å². The highest BCUT2D eigenvalue weighted by Crippen LogP contribution is 2.39. The molecule has 0 saturated carbocycles. The lowest BCUT2D eigenvalue weighted by Crippen LogP contribution is -2.38. The molecule has 0 bridgehead atoms. The van der Waals surface area contributed by atoms with Crippen LogP contribution in [0.3, 0.4) is 0 Å². The molecule has 1 amide bonds. The van der Waals surface area contributed by atoms with Gasteiger partial charge in [-0.15, -0.1) is 0 Å². The van der Waals surface area contributed by atoms with Crippen LogP contribution in [0.15, 0.2) is 34.9 Å². The van der Waals surface area contributed by atoms with Gasteiger partial charge in [-0.25, -0.2) is 0 Å². The summed E-state index contributed by atoms with van der Waals surface area (Å²) < 4.78 is 16.8. The molecular formula is C18H19NO4. The predicted octanol–water partition coefficient (Wildman–Crippen LogP) is 3.20. The normalized spacial score (nSPS) is 19.9. The molecule has 1 atom stereocenters. The molecule has 4 rings (SSSR count). The molecule has 0 radical (unpaired) electrons. The van der Waals surface area contributed by atoms with E-state index in [1.165, 1.54) is 11.8 Å². The minimum atomic E-state index is -0.0692. The van der Waals surface area contributed by atoms with E-state index < -0.39 is 0 Å². The Labute approximate surface area is 134 Å². The number of amides is 1. The molecule has 0 saturated heterocycles. The average molecular weight is 313 g/mol. The number of carbonyl (C=O) groups excluding carboxylic acids is 1. The Morgan fingerprint density at radius 3 is 2.74 bits per heavy atom. The number of fused-ring (bicyclic) bond motifs is 2. The fraction of sp³-hybridized carbons (Fsp3) is 0.389. The van der Waals surface area contributed by atoms with Gasteiger partial charge in [-0.1, -0.05) is 0 Å². The van der Waals surface area contributed by atoms with Crippen LogP contribution in [0.25, 0.3) is 0 Å². The Morgan fingerprint density at radius 1 is 1.22 bits per heavy atom. The molecule has 0 aliphatic carbocycles. The van der Waals surface area contributed by atoms with Gasteiger partial charge in [-0.05, 0) is 48.7 Å². The fourth-order valence-corrected chi connectivity index (χ4v) is 3.29. The molecule has 1 aromatic heterocycles. The van der Waals surface area contributed by atoms with E-state index >= 15 is 0 Å². The topological polar surface area (TPSA) is 51.9 Å². The maximum Gasteiger partial charge on any atom is 0.290 e. The van der Waals surface area contributed by atoms with E-state index in [4.69, 9.17) is 13.9 Å². The van der Waals surface area contributed by atoms with Gasteiger partial charge in [0, 0.05) is 13.0 Å². The highest BCUT2D eigenvalue weighted by molar-refractivity contribution is 5.92. The lowest BCUT2D eigenvalue weighted by atomic mass is 9.92. The van der Waals surface area contributed by atoms with E-state index in [9.17, 15) is 4.79 Å². The average Bonchev–Trinajstić information content (AvgIpc) is 3.00. The molecule has 23 heavy (non-hydrogen) atoms. The third-order valence-corrected chi connectivity index (χ3v) is 4.54. The maximum atomic E-state index is 12.6. The summed E-state index contributed by atoms with van der Waals surface area (Å²) in [6, 6.07) is 7.52. The first-order chi connectivity index (χ1) is 11.2. The van der Waals surface area contributed by atoms with Gasteiger partial charge in [0.1, 0.15) is 0 Å². The zero-order valence-electron chi connectivity index (χ0n) is 13.1. The van der Waals surface area contributed by atoms with Gasteiger partial charge in [0.25, 0.3) is 5.91 Å². The maximum absolute atomic E-state index is 12.6. The second-order valence-corrected chi connectivity index (χ2v) is 5.95. The highest BCUT2D eigenvalue weighted by Gasteiger charge is 2.31. The standard InChI is InChI=1S/C18H19NO4/c1-12-14-11-17-16(22-8-3-9-23-17)10-13(14)5-6-19(12)18(20)15-4-2-7-21-15/h2,4,7,10-12H,3,5-6,8-9H2,1H3. The second-order valence-electron chi connectivity index (χ2n) is 5.95. The van der Waals surface area contributed by atoms with Crippen LogP contribution in [0, 0.1) is 0 Å². The van der Waals surface area contributed by atoms with E-state index in [0.717, 1.165) is 29.9 Å². The van der Waals surface area contributed by atoms with Crippen LogP contribution < -0.4 is 9.47 Å². The van der Waals surface area contributed by atoms with Gasteiger partial charge < -0.3 is 18.8 Å². The van der Waals surface area contributed by atoms with Crippen molar-refractivity contribution in [2.45, 2.75) is 25.8 Å². The van der Waals surface area contributed by atoms with E-state index in [-0.39, 0.29) is 11.9 Å². The summed E-state index contributed by atoms with van der Waals surface area (Å²) in [6.07, 6.45) is 3.22. The molecule has 1 unspecified atom stereocenters. The summed E-state index contributed by atoms with van der Waals surface area (Å²) in [6.45, 7) is 4.07. The zero-order valence-corrected chi connectivity index (χ0v) is 13.1. The molecule has 2 aliphatic heterocycles. The minimum absolute atomic E-state index is 0.0199. The number of hydrogen-bond donors (Lipinski definition) is 0. The number of benzene rings is 1. The van der Waals surface area contributed by atoms with Crippen LogP contribution in [-0.4, -0.2) is 30.6 Å². The van der Waals surface area contributed by atoms with Gasteiger partial charge in [0.05, 0.1) is 25.5 Å². The molecule has 120 valence electrons. The third kappa shape index (κ3) is 2.46. The summed E-state index contributed by atoms with van der Waals surface area (Å²) in [5.41, 5.74) is 2.35. The van der Waals surface area contributed by atoms with Crippen molar-refractivity contribution < 1.29 is 18.7 Å². The Kier molecular flexibility index (Phi) is 3.48. The Bertz CT molecular complexity index is 723. The van der Waals surface area contributed by atoms with Crippen LogP contribution in [-0.2, 0) is 6.42 Å². The van der Waals surface area contributed by atoms with Crippen molar-refractivity contribution in [1.29, 1.82) is 0 Å². The Morgan fingerprint density at radius 2 is 2.00 bits per heavy atom. The van der Waals surface area contributed by atoms with E-state index in [1.807, 2.05) is 17.9 Å². The number of furan rings is 1. The first-order valence-electron chi connectivity index (χ1n) is 8.01. The molecule has 0 N–H and O–H groups in total. The third-order valence-electron chi connectivity index (χ3n) is 4.54. The summed E-state index contributed by atoms with van der Waals surface area (Å²) in [4.78, 5) is 14.5. The first kappa shape index (κ1) is 14.2. The lowest BCUT2D eigenvalue weighted by Gasteiger charge is -2.35. The molecule has 1 aromatic carbocycles. The van der Waals surface area contributed by atoms with E-state index in [1.54, 1.807) is 12.1 Å². The number of ether oxygens (including phenoxy) is 2. The number of nitrogens with zero attached hydrogens (tertiary/aromatic N) is 1. The van der Waals surface area contributed by atoms with Crippen molar-refractivity contribution in [2.75, 3.05) is 19.8 Å². The lowest BCUT2D eigenvalue weighted by molar-refractivity contribution is 0.0644. The van der Waals surface area contributed by atoms with Gasteiger partial charge in [0.15, 0.2) is 17.3 Å². The van der Waals surface area contributed by atoms with Crippen molar-refractivity contribution >= 4 is 5.91 Å².